The van der Waals surface area contributed by atoms with Crippen LogP contribution in [0.1, 0.15) is 33.6 Å². The van der Waals surface area contributed by atoms with Gasteiger partial charge in [-0.2, -0.15) is 0 Å². The molecule has 0 unspecified atom stereocenters. The Morgan fingerprint density at radius 2 is 1.93 bits per heavy atom. The summed E-state index contributed by atoms with van der Waals surface area (Å²) in [4.78, 5) is 13.4. The molecule has 3 N–H and O–H groups in total. The predicted molar refractivity (Wildman–Crippen MR) is 63.7 cm³/mol. The second-order valence-electron chi connectivity index (χ2n) is 4.36. The van der Waals surface area contributed by atoms with Gasteiger partial charge in [-0.15, -0.1) is 0 Å². The van der Waals surface area contributed by atoms with E-state index in [0.717, 1.165) is 25.9 Å². The molecule has 0 aromatic carbocycles. The van der Waals surface area contributed by atoms with Crippen LogP contribution in [0, 0.1) is 0 Å². The Hall–Kier alpha value is -0.610. The van der Waals surface area contributed by atoms with Crippen molar-refractivity contribution in [1.29, 1.82) is 0 Å². The third kappa shape index (κ3) is 7.33. The number of nitrogens with zero attached hydrogens (tertiary/aromatic N) is 1. The van der Waals surface area contributed by atoms with Crippen LogP contribution in [0.2, 0.25) is 0 Å². The molecule has 0 aromatic heterocycles. The van der Waals surface area contributed by atoms with E-state index in [2.05, 4.69) is 31.1 Å². The van der Waals surface area contributed by atoms with Gasteiger partial charge in [-0.05, 0) is 47.2 Å². The van der Waals surface area contributed by atoms with Gasteiger partial charge >= 0.3 is 0 Å². The van der Waals surface area contributed by atoms with Crippen molar-refractivity contribution in [3.8, 4) is 0 Å². The molecule has 0 saturated heterocycles. The lowest BCUT2D eigenvalue weighted by atomic mass is 10.2. The summed E-state index contributed by atoms with van der Waals surface area (Å²) in [7, 11) is 2.12. The van der Waals surface area contributed by atoms with Crippen LogP contribution in [0.3, 0.4) is 0 Å². The largest absolute Gasteiger partial charge is 0.355 e. The number of nitrogens with two attached hydrogens (primary N) is 1. The molecule has 0 spiro atoms. The zero-order valence-electron chi connectivity index (χ0n) is 10.4. The highest BCUT2D eigenvalue weighted by atomic mass is 16.2. The minimum Gasteiger partial charge on any atom is -0.355 e. The molecular weight excluding hydrogens is 190 g/mol. The molecule has 0 bridgehead atoms. The van der Waals surface area contributed by atoms with E-state index in [1.165, 1.54) is 0 Å². The maximum Gasteiger partial charge on any atom is 0.236 e. The predicted octanol–water partition coefficient (Wildman–Crippen LogP) is 0.570. The highest BCUT2D eigenvalue weighted by molar-refractivity contribution is 5.80. The fourth-order valence-electron chi connectivity index (χ4n) is 1.12. The Kier molecular flexibility index (Phi) is 7.34. The second-order valence-corrected chi connectivity index (χ2v) is 4.36. The van der Waals surface area contributed by atoms with Crippen LogP contribution in [0.15, 0.2) is 0 Å². The summed E-state index contributed by atoms with van der Waals surface area (Å²) >= 11 is 0. The second kappa shape index (κ2) is 7.65. The molecule has 0 heterocycles. The number of hydrogen-bond acceptors (Lipinski definition) is 3. The average Bonchev–Trinajstić information content (AvgIpc) is 2.16. The van der Waals surface area contributed by atoms with Gasteiger partial charge in [0.25, 0.3) is 0 Å². The van der Waals surface area contributed by atoms with E-state index in [1.807, 2.05) is 0 Å². The third-order valence-electron chi connectivity index (χ3n) is 2.53. The molecule has 4 heteroatoms. The number of hydrogen-bond donors (Lipinski definition) is 2. The number of nitrogens with one attached hydrogen (secondary N) is 1. The first-order chi connectivity index (χ1) is 6.95. The van der Waals surface area contributed by atoms with E-state index < -0.39 is 6.04 Å². The molecule has 0 aliphatic rings. The Morgan fingerprint density at radius 3 is 2.40 bits per heavy atom. The monoisotopic (exact) mass is 215 g/mol. The smallest absolute Gasteiger partial charge is 0.236 e. The maximum absolute atomic E-state index is 11.1. The third-order valence-corrected chi connectivity index (χ3v) is 2.53. The van der Waals surface area contributed by atoms with Gasteiger partial charge in [0.1, 0.15) is 0 Å². The number of carbonyl (C=O) groups excluding carboxylic acids is 1. The van der Waals surface area contributed by atoms with Crippen LogP contribution >= 0.6 is 0 Å². The van der Waals surface area contributed by atoms with Crippen molar-refractivity contribution in [3.05, 3.63) is 0 Å². The zero-order valence-corrected chi connectivity index (χ0v) is 10.4. The van der Waals surface area contributed by atoms with Crippen LogP contribution in [-0.4, -0.2) is 43.0 Å². The fourth-order valence-corrected chi connectivity index (χ4v) is 1.12. The topological polar surface area (TPSA) is 58.4 Å². The van der Waals surface area contributed by atoms with Crippen molar-refractivity contribution in [1.82, 2.24) is 10.2 Å². The summed E-state index contributed by atoms with van der Waals surface area (Å²) in [6.45, 7) is 7.86. The lowest BCUT2D eigenvalue weighted by Crippen LogP contribution is -2.38. The number of amides is 1. The minimum atomic E-state index is -0.400. The van der Waals surface area contributed by atoms with Crippen LogP contribution in [-0.2, 0) is 4.79 Å². The van der Waals surface area contributed by atoms with E-state index in [4.69, 9.17) is 5.73 Å². The lowest BCUT2D eigenvalue weighted by molar-refractivity contribution is -0.121. The molecule has 4 nitrogen and oxygen atoms in total. The molecule has 15 heavy (non-hydrogen) atoms. The number of rotatable bonds is 7. The number of unbranched alkanes of at least 4 members (excludes halogenated alkanes) is 1. The Labute approximate surface area is 93.2 Å². The highest BCUT2D eigenvalue weighted by Crippen LogP contribution is 1.97. The Morgan fingerprint density at radius 1 is 1.33 bits per heavy atom. The molecular formula is C11H25N3O. The van der Waals surface area contributed by atoms with E-state index >= 15 is 0 Å². The van der Waals surface area contributed by atoms with Crippen molar-refractivity contribution in [3.63, 3.8) is 0 Å². The summed E-state index contributed by atoms with van der Waals surface area (Å²) < 4.78 is 0. The highest BCUT2D eigenvalue weighted by Gasteiger charge is 2.05. The normalized spacial score (nSPS) is 13.3. The van der Waals surface area contributed by atoms with Gasteiger partial charge in [0.15, 0.2) is 0 Å². The van der Waals surface area contributed by atoms with Crippen molar-refractivity contribution < 1.29 is 4.79 Å². The van der Waals surface area contributed by atoms with Crippen LogP contribution in [0.25, 0.3) is 0 Å². The molecule has 90 valence electrons. The summed E-state index contributed by atoms with van der Waals surface area (Å²) in [6.07, 6.45) is 2.11. The molecule has 0 aliphatic carbocycles. The molecule has 1 amide bonds. The summed E-state index contributed by atoms with van der Waals surface area (Å²) in [5, 5.41) is 2.80. The first-order valence-corrected chi connectivity index (χ1v) is 5.68. The maximum atomic E-state index is 11.1. The molecule has 0 aromatic rings. The van der Waals surface area contributed by atoms with Gasteiger partial charge in [0, 0.05) is 12.6 Å². The fraction of sp³-hybridized carbons (Fsp3) is 0.909. The van der Waals surface area contributed by atoms with Crippen LogP contribution < -0.4 is 11.1 Å². The van der Waals surface area contributed by atoms with Crippen molar-refractivity contribution in [2.75, 3.05) is 20.1 Å². The summed E-state index contributed by atoms with van der Waals surface area (Å²) in [5.74, 6) is -0.0628. The van der Waals surface area contributed by atoms with Gasteiger partial charge in [-0.1, -0.05) is 0 Å². The average molecular weight is 215 g/mol. The number of carbonyl (C=O) groups is 1. The van der Waals surface area contributed by atoms with Gasteiger partial charge in [-0.25, -0.2) is 0 Å². The molecule has 0 saturated carbocycles. The van der Waals surface area contributed by atoms with Gasteiger partial charge < -0.3 is 16.0 Å². The molecule has 1 atom stereocenters. The quantitative estimate of drug-likeness (QED) is 0.610. The molecule has 0 rings (SSSR count). The minimum absolute atomic E-state index is 0.0628. The van der Waals surface area contributed by atoms with Crippen molar-refractivity contribution in [2.24, 2.45) is 5.73 Å². The molecule has 0 fully saturated rings. The van der Waals surface area contributed by atoms with E-state index in [0.29, 0.717) is 6.04 Å². The van der Waals surface area contributed by atoms with E-state index in [9.17, 15) is 4.79 Å². The Balaban J connectivity index is 3.36. The zero-order chi connectivity index (χ0) is 11.8. The first kappa shape index (κ1) is 14.4. The lowest BCUT2D eigenvalue weighted by Gasteiger charge is -2.20. The Bertz CT molecular complexity index is 181. The molecule has 0 radical (unpaired) electrons. The van der Waals surface area contributed by atoms with Crippen molar-refractivity contribution >= 4 is 5.91 Å². The molecule has 0 aliphatic heterocycles. The van der Waals surface area contributed by atoms with Gasteiger partial charge in [0.2, 0.25) is 5.91 Å². The van der Waals surface area contributed by atoms with E-state index in [-0.39, 0.29) is 5.91 Å². The standard InChI is InChI=1S/C11H25N3O/c1-9(2)14(4)8-6-5-7-13-11(15)10(3)12/h9-10H,5-8,12H2,1-4H3,(H,13,15)/t10-/m0/s1. The van der Waals surface area contributed by atoms with Gasteiger partial charge in [-0.3, -0.25) is 4.79 Å². The SMILES string of the molecule is CC(C)N(C)CCCCNC(=O)[C@H](C)N. The first-order valence-electron chi connectivity index (χ1n) is 5.68. The summed E-state index contributed by atoms with van der Waals surface area (Å²) in [6, 6.07) is 0.187. The van der Waals surface area contributed by atoms with Crippen molar-refractivity contribution in [2.45, 2.75) is 45.7 Å². The van der Waals surface area contributed by atoms with Crippen LogP contribution in [0.5, 0.6) is 0 Å². The summed E-state index contributed by atoms with van der Waals surface area (Å²) in [5.41, 5.74) is 5.42. The van der Waals surface area contributed by atoms with E-state index in [1.54, 1.807) is 6.92 Å². The van der Waals surface area contributed by atoms with Gasteiger partial charge in [0.05, 0.1) is 6.04 Å². The van der Waals surface area contributed by atoms with Crippen LogP contribution in [0.4, 0.5) is 0 Å².